The van der Waals surface area contributed by atoms with Crippen LogP contribution in [-0.4, -0.2) is 15.8 Å². The molecule has 1 saturated carbocycles. The van der Waals surface area contributed by atoms with Gasteiger partial charge in [0, 0.05) is 34.7 Å². The molecule has 0 saturated heterocycles. The molecule has 1 aliphatic rings. The van der Waals surface area contributed by atoms with E-state index in [0.717, 1.165) is 0 Å². The number of para-hydroxylation sites is 1. The number of aliphatic hydroxyl groups is 1. The third-order valence-corrected chi connectivity index (χ3v) is 4.10. The van der Waals surface area contributed by atoms with Crippen LogP contribution in [0.3, 0.4) is 0 Å². The van der Waals surface area contributed by atoms with Gasteiger partial charge in [0.2, 0.25) is 0 Å². The van der Waals surface area contributed by atoms with E-state index >= 15 is 0 Å². The molecule has 1 heterocycles. The maximum absolute atomic E-state index is 9.53. The molecule has 3 nitrogen and oxygen atoms in total. The average Bonchev–Trinajstić information content (AvgIpc) is 2.51. The van der Waals surface area contributed by atoms with Gasteiger partial charge in [-0.15, -0.1) is 0 Å². The van der Waals surface area contributed by atoms with Gasteiger partial charge in [-0.3, -0.25) is 0 Å². The topological polar surface area (TPSA) is 51.2 Å². The first kappa shape index (κ1) is 10.8. The van der Waals surface area contributed by atoms with E-state index in [1.165, 1.54) is 22.2 Å². The third kappa shape index (κ3) is 1.36. The van der Waals surface area contributed by atoms with Crippen molar-refractivity contribution in [2.24, 2.45) is 12.8 Å². The Morgan fingerprint density at radius 1 is 1.35 bits per heavy atom. The second-order valence-electron chi connectivity index (χ2n) is 5.25. The fourth-order valence-electron chi connectivity index (χ4n) is 3.13. The largest absolute Gasteiger partial charge is 0.393 e. The summed E-state index contributed by atoms with van der Waals surface area (Å²) in [5, 5.41) is 10.8. The fourth-order valence-corrected chi connectivity index (χ4v) is 3.13. The molecule has 3 N–H and O–H groups in total. The second kappa shape index (κ2) is 3.34. The predicted molar refractivity (Wildman–Crippen MR) is 68.8 cm³/mol. The van der Waals surface area contributed by atoms with Crippen LogP contribution in [0.15, 0.2) is 24.3 Å². The second-order valence-corrected chi connectivity index (χ2v) is 5.25. The van der Waals surface area contributed by atoms with Gasteiger partial charge in [0.15, 0.2) is 0 Å². The Morgan fingerprint density at radius 2 is 2.00 bits per heavy atom. The SMILES string of the molecule is Cc1c(C2(N)CC(O)C2)c2ccccc2n1C. The van der Waals surface area contributed by atoms with Crippen LogP contribution in [-0.2, 0) is 12.6 Å². The Morgan fingerprint density at radius 3 is 2.65 bits per heavy atom. The molecule has 0 atom stereocenters. The van der Waals surface area contributed by atoms with E-state index in [-0.39, 0.29) is 11.6 Å². The van der Waals surface area contributed by atoms with Crippen LogP contribution in [0.4, 0.5) is 0 Å². The average molecular weight is 230 g/mol. The molecule has 3 rings (SSSR count). The molecule has 17 heavy (non-hydrogen) atoms. The Kier molecular flexibility index (Phi) is 2.12. The standard InChI is InChI=1S/C14H18N2O/c1-9-13(14(15)7-10(17)8-14)11-5-3-4-6-12(11)16(9)2/h3-6,10,17H,7-8,15H2,1-2H3. The normalized spacial score (nSPS) is 28.4. The summed E-state index contributed by atoms with van der Waals surface area (Å²) < 4.78 is 2.18. The lowest BCUT2D eigenvalue weighted by Crippen LogP contribution is -2.52. The van der Waals surface area contributed by atoms with E-state index in [9.17, 15) is 5.11 Å². The van der Waals surface area contributed by atoms with Gasteiger partial charge in [-0.1, -0.05) is 18.2 Å². The number of aryl methyl sites for hydroxylation is 1. The fraction of sp³-hybridized carbons (Fsp3) is 0.429. The zero-order valence-corrected chi connectivity index (χ0v) is 10.3. The van der Waals surface area contributed by atoms with Gasteiger partial charge >= 0.3 is 0 Å². The molecule has 0 bridgehead atoms. The summed E-state index contributed by atoms with van der Waals surface area (Å²) in [6.07, 6.45) is 1.10. The van der Waals surface area contributed by atoms with Gasteiger partial charge in [0.25, 0.3) is 0 Å². The van der Waals surface area contributed by atoms with Crippen molar-refractivity contribution in [3.63, 3.8) is 0 Å². The Balaban J connectivity index is 2.26. The van der Waals surface area contributed by atoms with Gasteiger partial charge in [-0.25, -0.2) is 0 Å². The van der Waals surface area contributed by atoms with E-state index < -0.39 is 0 Å². The smallest absolute Gasteiger partial charge is 0.0582 e. The molecule has 2 aromatic rings. The molecule has 0 amide bonds. The summed E-state index contributed by atoms with van der Waals surface area (Å²) in [5.41, 5.74) is 9.71. The maximum atomic E-state index is 9.53. The first-order chi connectivity index (χ1) is 8.03. The number of hydrogen-bond donors (Lipinski definition) is 2. The van der Waals surface area contributed by atoms with Crippen molar-refractivity contribution in [1.82, 2.24) is 4.57 Å². The Hall–Kier alpha value is -1.32. The Bertz CT molecular complexity index is 579. The lowest BCUT2D eigenvalue weighted by Gasteiger charge is -2.43. The van der Waals surface area contributed by atoms with Gasteiger partial charge in [-0.05, 0) is 25.8 Å². The molecule has 1 aromatic carbocycles. The maximum Gasteiger partial charge on any atom is 0.0582 e. The minimum absolute atomic E-state index is 0.238. The van der Waals surface area contributed by atoms with Gasteiger partial charge in [-0.2, -0.15) is 0 Å². The van der Waals surface area contributed by atoms with Crippen LogP contribution in [0.1, 0.15) is 24.1 Å². The van der Waals surface area contributed by atoms with Crippen LogP contribution in [0.5, 0.6) is 0 Å². The van der Waals surface area contributed by atoms with Gasteiger partial charge in [0.05, 0.1) is 6.10 Å². The molecule has 90 valence electrons. The summed E-state index contributed by atoms with van der Waals surface area (Å²) in [4.78, 5) is 0. The molecule has 1 fully saturated rings. The number of aliphatic hydroxyl groups excluding tert-OH is 1. The van der Waals surface area contributed by atoms with E-state index in [1.807, 2.05) is 12.1 Å². The molecule has 0 radical (unpaired) electrons. The van der Waals surface area contributed by atoms with E-state index in [0.29, 0.717) is 12.8 Å². The van der Waals surface area contributed by atoms with E-state index in [2.05, 4.69) is 30.7 Å². The quantitative estimate of drug-likeness (QED) is 0.784. The number of fused-ring (bicyclic) bond motifs is 1. The zero-order valence-electron chi connectivity index (χ0n) is 10.3. The summed E-state index contributed by atoms with van der Waals surface area (Å²) >= 11 is 0. The summed E-state index contributed by atoms with van der Waals surface area (Å²) in [6, 6.07) is 8.33. The van der Waals surface area contributed by atoms with Crippen molar-refractivity contribution in [3.05, 3.63) is 35.5 Å². The highest BCUT2D eigenvalue weighted by Crippen LogP contribution is 2.44. The minimum Gasteiger partial charge on any atom is -0.393 e. The summed E-state index contributed by atoms with van der Waals surface area (Å²) in [7, 11) is 2.07. The van der Waals surface area contributed by atoms with Crippen LogP contribution in [0.2, 0.25) is 0 Å². The molecule has 0 unspecified atom stereocenters. The Labute approximate surface area is 101 Å². The molecular weight excluding hydrogens is 212 g/mol. The molecule has 3 heteroatoms. The molecule has 1 aromatic heterocycles. The van der Waals surface area contributed by atoms with Crippen molar-refractivity contribution in [2.45, 2.75) is 31.4 Å². The molecule has 0 aliphatic heterocycles. The van der Waals surface area contributed by atoms with Crippen molar-refractivity contribution < 1.29 is 5.11 Å². The molecule has 1 aliphatic carbocycles. The number of nitrogens with zero attached hydrogens (tertiary/aromatic N) is 1. The van der Waals surface area contributed by atoms with E-state index in [4.69, 9.17) is 5.73 Å². The summed E-state index contributed by atoms with van der Waals surface area (Å²) in [6.45, 7) is 2.11. The van der Waals surface area contributed by atoms with Gasteiger partial charge in [0.1, 0.15) is 0 Å². The van der Waals surface area contributed by atoms with Crippen LogP contribution >= 0.6 is 0 Å². The first-order valence-electron chi connectivity index (χ1n) is 6.04. The van der Waals surface area contributed by atoms with Crippen LogP contribution in [0, 0.1) is 6.92 Å². The number of hydrogen-bond acceptors (Lipinski definition) is 2. The lowest BCUT2D eigenvalue weighted by molar-refractivity contribution is 0.0213. The number of rotatable bonds is 1. The predicted octanol–water partition coefficient (Wildman–Crippen LogP) is 1.80. The van der Waals surface area contributed by atoms with Crippen LogP contribution in [0.25, 0.3) is 10.9 Å². The van der Waals surface area contributed by atoms with Crippen molar-refractivity contribution in [1.29, 1.82) is 0 Å². The molecular formula is C14H18N2O. The lowest BCUT2D eigenvalue weighted by atomic mass is 9.70. The van der Waals surface area contributed by atoms with Crippen molar-refractivity contribution >= 4 is 10.9 Å². The number of nitrogens with two attached hydrogens (primary N) is 1. The number of benzene rings is 1. The van der Waals surface area contributed by atoms with E-state index in [1.54, 1.807) is 0 Å². The van der Waals surface area contributed by atoms with Crippen LogP contribution < -0.4 is 5.73 Å². The number of aromatic nitrogens is 1. The van der Waals surface area contributed by atoms with Crippen molar-refractivity contribution in [2.75, 3.05) is 0 Å². The van der Waals surface area contributed by atoms with Gasteiger partial charge < -0.3 is 15.4 Å². The highest BCUT2D eigenvalue weighted by molar-refractivity contribution is 5.86. The highest BCUT2D eigenvalue weighted by atomic mass is 16.3. The summed E-state index contributed by atoms with van der Waals surface area (Å²) in [5.74, 6) is 0. The third-order valence-electron chi connectivity index (χ3n) is 4.10. The highest BCUT2D eigenvalue weighted by Gasteiger charge is 2.44. The van der Waals surface area contributed by atoms with Crippen molar-refractivity contribution in [3.8, 4) is 0 Å². The monoisotopic (exact) mass is 230 g/mol. The minimum atomic E-state index is -0.343. The first-order valence-corrected chi connectivity index (χ1v) is 6.04. The zero-order chi connectivity index (χ0) is 12.2. The molecule has 0 spiro atoms.